The van der Waals surface area contributed by atoms with Crippen molar-refractivity contribution in [1.29, 1.82) is 0 Å². The lowest BCUT2D eigenvalue weighted by molar-refractivity contribution is 0.0644. The van der Waals surface area contributed by atoms with Crippen molar-refractivity contribution in [1.82, 2.24) is 20.1 Å². The van der Waals surface area contributed by atoms with Crippen molar-refractivity contribution in [3.8, 4) is 0 Å². The van der Waals surface area contributed by atoms with E-state index in [1.54, 1.807) is 13.1 Å². The molecular formula is C16H20N4O2. The van der Waals surface area contributed by atoms with Crippen LogP contribution in [0.2, 0.25) is 0 Å². The molecule has 0 radical (unpaired) electrons. The smallest absolute Gasteiger partial charge is 0.273 e. The van der Waals surface area contributed by atoms with Gasteiger partial charge < -0.3 is 9.32 Å². The number of aryl methyl sites for hydroxylation is 2. The highest BCUT2D eigenvalue weighted by molar-refractivity contribution is 5.93. The Morgan fingerprint density at radius 1 is 1.27 bits per heavy atom. The van der Waals surface area contributed by atoms with Gasteiger partial charge in [-0.1, -0.05) is 18.9 Å². The second kappa shape index (κ2) is 6.25. The molecule has 1 fully saturated rings. The molecule has 116 valence electrons. The summed E-state index contributed by atoms with van der Waals surface area (Å²) in [4.78, 5) is 19.0. The zero-order valence-corrected chi connectivity index (χ0v) is 13.0. The van der Waals surface area contributed by atoms with E-state index >= 15 is 0 Å². The highest BCUT2D eigenvalue weighted by Crippen LogP contribution is 2.30. The Balaban J connectivity index is 1.94. The normalized spacial score (nSPS) is 19.0. The minimum absolute atomic E-state index is 0.0548. The highest BCUT2D eigenvalue weighted by Gasteiger charge is 2.32. The molecule has 2 aromatic heterocycles. The number of carbonyl (C=O) groups is 1. The van der Waals surface area contributed by atoms with E-state index < -0.39 is 0 Å². The van der Waals surface area contributed by atoms with E-state index in [-0.39, 0.29) is 11.9 Å². The van der Waals surface area contributed by atoms with Gasteiger partial charge in [0.15, 0.2) is 0 Å². The lowest BCUT2D eigenvalue weighted by Gasteiger charge is -2.27. The monoisotopic (exact) mass is 300 g/mol. The molecule has 0 spiro atoms. The summed E-state index contributed by atoms with van der Waals surface area (Å²) in [5, 5.41) is 8.04. The Labute approximate surface area is 129 Å². The van der Waals surface area contributed by atoms with E-state index in [4.69, 9.17) is 4.42 Å². The van der Waals surface area contributed by atoms with Gasteiger partial charge in [0.1, 0.15) is 11.7 Å². The van der Waals surface area contributed by atoms with Gasteiger partial charge in [-0.2, -0.15) is 0 Å². The van der Waals surface area contributed by atoms with Crippen LogP contribution in [0.4, 0.5) is 0 Å². The molecule has 6 heteroatoms. The molecule has 0 aromatic carbocycles. The van der Waals surface area contributed by atoms with Gasteiger partial charge in [-0.25, -0.2) is 0 Å². The average Bonchev–Trinajstić information content (AvgIpc) is 2.80. The van der Waals surface area contributed by atoms with Gasteiger partial charge in [0.2, 0.25) is 11.8 Å². The maximum absolute atomic E-state index is 12.9. The van der Waals surface area contributed by atoms with Crippen LogP contribution in [0.5, 0.6) is 0 Å². The van der Waals surface area contributed by atoms with Gasteiger partial charge in [0, 0.05) is 19.7 Å². The van der Waals surface area contributed by atoms with Crippen molar-refractivity contribution >= 4 is 5.91 Å². The first-order valence-corrected chi connectivity index (χ1v) is 7.69. The molecular weight excluding hydrogens is 280 g/mol. The van der Waals surface area contributed by atoms with Crippen LogP contribution >= 0.6 is 0 Å². The first kappa shape index (κ1) is 14.7. The number of aromatic nitrogens is 3. The predicted molar refractivity (Wildman–Crippen MR) is 80.3 cm³/mol. The summed E-state index contributed by atoms with van der Waals surface area (Å²) in [5.74, 6) is 1.00. The van der Waals surface area contributed by atoms with Crippen LogP contribution < -0.4 is 0 Å². The summed E-state index contributed by atoms with van der Waals surface area (Å²) in [6.45, 7) is 4.37. The fraction of sp³-hybridized carbons (Fsp3) is 0.500. The summed E-state index contributed by atoms with van der Waals surface area (Å²) >= 11 is 0. The van der Waals surface area contributed by atoms with E-state index in [1.807, 2.05) is 24.0 Å². The molecule has 1 amide bonds. The van der Waals surface area contributed by atoms with Crippen molar-refractivity contribution in [2.24, 2.45) is 0 Å². The molecule has 3 rings (SSSR count). The van der Waals surface area contributed by atoms with Crippen LogP contribution in [0.1, 0.15) is 59.6 Å². The molecule has 0 N–H and O–H groups in total. The molecule has 1 aliphatic heterocycles. The van der Waals surface area contributed by atoms with E-state index in [9.17, 15) is 4.79 Å². The van der Waals surface area contributed by atoms with Gasteiger partial charge in [-0.15, -0.1) is 10.2 Å². The predicted octanol–water partition coefficient (Wildman–Crippen LogP) is 2.84. The quantitative estimate of drug-likeness (QED) is 0.852. The second-order valence-electron chi connectivity index (χ2n) is 5.69. The first-order chi connectivity index (χ1) is 10.7. The molecule has 0 bridgehead atoms. The molecule has 0 saturated carbocycles. The average molecular weight is 300 g/mol. The van der Waals surface area contributed by atoms with Crippen molar-refractivity contribution in [2.45, 2.75) is 45.6 Å². The molecule has 1 atom stereocenters. The highest BCUT2D eigenvalue weighted by atomic mass is 16.4. The standard InChI is InChI=1S/C16H20N4O2/c1-11-7-6-9-17-14(11)16(21)20-10-5-3-4-8-13(20)15-19-18-12(2)22-15/h6-7,9,13H,3-5,8,10H2,1-2H3. The molecule has 1 unspecified atom stereocenters. The van der Waals surface area contributed by atoms with E-state index in [0.717, 1.165) is 31.2 Å². The van der Waals surface area contributed by atoms with Crippen LogP contribution in [0.25, 0.3) is 0 Å². The maximum Gasteiger partial charge on any atom is 0.273 e. The molecule has 1 aliphatic rings. The van der Waals surface area contributed by atoms with Gasteiger partial charge in [-0.3, -0.25) is 9.78 Å². The zero-order chi connectivity index (χ0) is 15.5. The Hall–Kier alpha value is -2.24. The fourth-order valence-corrected chi connectivity index (χ4v) is 2.90. The third-order valence-electron chi connectivity index (χ3n) is 4.05. The number of likely N-dealkylation sites (tertiary alicyclic amines) is 1. The van der Waals surface area contributed by atoms with Crippen molar-refractivity contribution in [3.63, 3.8) is 0 Å². The number of hydrogen-bond donors (Lipinski definition) is 0. The summed E-state index contributed by atoms with van der Waals surface area (Å²) in [6, 6.07) is 3.59. The fourth-order valence-electron chi connectivity index (χ4n) is 2.90. The maximum atomic E-state index is 12.9. The Morgan fingerprint density at radius 3 is 2.86 bits per heavy atom. The molecule has 6 nitrogen and oxygen atoms in total. The van der Waals surface area contributed by atoms with Crippen LogP contribution in [-0.2, 0) is 0 Å². The summed E-state index contributed by atoms with van der Waals surface area (Å²) in [5.41, 5.74) is 1.39. The zero-order valence-electron chi connectivity index (χ0n) is 13.0. The van der Waals surface area contributed by atoms with Crippen molar-refractivity contribution in [2.75, 3.05) is 6.54 Å². The third kappa shape index (κ3) is 2.86. The second-order valence-corrected chi connectivity index (χ2v) is 5.69. The van der Waals surface area contributed by atoms with E-state index in [1.165, 1.54) is 0 Å². The number of rotatable bonds is 2. The molecule has 1 saturated heterocycles. The van der Waals surface area contributed by atoms with Gasteiger partial charge in [0.05, 0.1) is 0 Å². The van der Waals surface area contributed by atoms with E-state index in [2.05, 4.69) is 15.2 Å². The Morgan fingerprint density at radius 2 is 2.14 bits per heavy atom. The minimum Gasteiger partial charge on any atom is -0.423 e. The van der Waals surface area contributed by atoms with Crippen molar-refractivity contribution < 1.29 is 9.21 Å². The summed E-state index contributed by atoms with van der Waals surface area (Å²) in [7, 11) is 0. The van der Waals surface area contributed by atoms with Gasteiger partial charge >= 0.3 is 0 Å². The number of hydrogen-bond acceptors (Lipinski definition) is 5. The number of pyridine rings is 1. The lowest BCUT2D eigenvalue weighted by Crippen LogP contribution is -2.36. The van der Waals surface area contributed by atoms with Crippen LogP contribution in [0.15, 0.2) is 22.7 Å². The summed E-state index contributed by atoms with van der Waals surface area (Å²) in [6.07, 6.45) is 5.65. The Bertz CT molecular complexity index is 668. The SMILES string of the molecule is Cc1nnc(C2CCCCCN2C(=O)c2ncccc2C)o1. The molecule has 3 heterocycles. The molecule has 0 aliphatic carbocycles. The van der Waals surface area contributed by atoms with Gasteiger partial charge in [0.25, 0.3) is 5.91 Å². The largest absolute Gasteiger partial charge is 0.423 e. The number of nitrogens with zero attached hydrogens (tertiary/aromatic N) is 4. The summed E-state index contributed by atoms with van der Waals surface area (Å²) < 4.78 is 5.59. The minimum atomic E-state index is -0.155. The topological polar surface area (TPSA) is 72.1 Å². The Kier molecular flexibility index (Phi) is 4.18. The number of carbonyl (C=O) groups excluding carboxylic acids is 1. The molecule has 2 aromatic rings. The third-order valence-corrected chi connectivity index (χ3v) is 4.05. The van der Waals surface area contributed by atoms with E-state index in [0.29, 0.717) is 24.0 Å². The van der Waals surface area contributed by atoms with Crippen LogP contribution in [-0.4, -0.2) is 32.5 Å². The van der Waals surface area contributed by atoms with Crippen LogP contribution in [0.3, 0.4) is 0 Å². The van der Waals surface area contributed by atoms with Crippen molar-refractivity contribution in [3.05, 3.63) is 41.4 Å². The lowest BCUT2D eigenvalue weighted by atomic mass is 10.1. The first-order valence-electron chi connectivity index (χ1n) is 7.69. The van der Waals surface area contributed by atoms with Gasteiger partial charge in [-0.05, 0) is 31.4 Å². The van der Waals surface area contributed by atoms with Crippen LogP contribution in [0, 0.1) is 13.8 Å². The number of amides is 1. The molecule has 22 heavy (non-hydrogen) atoms.